The molecule has 0 aromatic heterocycles. The van der Waals surface area contributed by atoms with Crippen LogP contribution < -0.4 is 4.90 Å². The van der Waals surface area contributed by atoms with E-state index in [-0.39, 0.29) is 5.91 Å². The number of carbonyl (C=O) groups excluding carboxylic acids is 1. The Morgan fingerprint density at radius 1 is 1.00 bits per heavy atom. The van der Waals surface area contributed by atoms with Crippen molar-refractivity contribution in [1.29, 1.82) is 0 Å². The Morgan fingerprint density at radius 3 is 2.19 bits per heavy atom. The standard InChI is InChI=1S/C17H17F2NO/c1-3-12-5-7-13(8-6-12)17(21)20(4-2)14-9-10-15(18)16(19)11-14/h5-11H,3-4H2,1-2H3. The number of halogens is 2. The molecular weight excluding hydrogens is 272 g/mol. The molecule has 2 nitrogen and oxygen atoms in total. The summed E-state index contributed by atoms with van der Waals surface area (Å²) in [6.45, 7) is 4.20. The van der Waals surface area contributed by atoms with Gasteiger partial charge in [-0.15, -0.1) is 0 Å². The zero-order valence-electron chi connectivity index (χ0n) is 12.1. The van der Waals surface area contributed by atoms with E-state index in [0.29, 0.717) is 17.8 Å². The third-order valence-electron chi connectivity index (χ3n) is 3.39. The Bertz CT molecular complexity index is 638. The molecule has 0 saturated carbocycles. The molecule has 21 heavy (non-hydrogen) atoms. The number of hydrogen-bond donors (Lipinski definition) is 0. The zero-order valence-corrected chi connectivity index (χ0v) is 12.1. The molecule has 0 N–H and O–H groups in total. The summed E-state index contributed by atoms with van der Waals surface area (Å²) in [5, 5.41) is 0. The Hall–Kier alpha value is -2.23. The van der Waals surface area contributed by atoms with Crippen molar-refractivity contribution in [1.82, 2.24) is 0 Å². The van der Waals surface area contributed by atoms with Crippen LogP contribution in [0.2, 0.25) is 0 Å². The molecule has 0 radical (unpaired) electrons. The van der Waals surface area contributed by atoms with Gasteiger partial charge < -0.3 is 4.90 Å². The summed E-state index contributed by atoms with van der Waals surface area (Å²) in [5.74, 6) is -2.11. The fraction of sp³-hybridized carbons (Fsp3) is 0.235. The summed E-state index contributed by atoms with van der Waals surface area (Å²) in [6.07, 6.45) is 0.898. The van der Waals surface area contributed by atoms with Crippen molar-refractivity contribution in [3.63, 3.8) is 0 Å². The molecule has 0 atom stereocenters. The van der Waals surface area contributed by atoms with Crippen LogP contribution in [-0.2, 0) is 6.42 Å². The molecule has 0 saturated heterocycles. The lowest BCUT2D eigenvalue weighted by atomic mass is 10.1. The Balaban J connectivity index is 2.30. The summed E-state index contributed by atoms with van der Waals surface area (Å²) in [7, 11) is 0. The van der Waals surface area contributed by atoms with Crippen LogP contribution in [-0.4, -0.2) is 12.5 Å². The van der Waals surface area contributed by atoms with Gasteiger partial charge in [0.1, 0.15) is 0 Å². The second kappa shape index (κ2) is 6.48. The van der Waals surface area contributed by atoms with Crippen LogP contribution in [0.3, 0.4) is 0 Å². The highest BCUT2D eigenvalue weighted by atomic mass is 19.2. The Kier molecular flexibility index (Phi) is 4.68. The average molecular weight is 289 g/mol. The van der Waals surface area contributed by atoms with Crippen molar-refractivity contribution in [3.05, 3.63) is 65.2 Å². The van der Waals surface area contributed by atoms with Gasteiger partial charge in [0.15, 0.2) is 11.6 Å². The third-order valence-corrected chi connectivity index (χ3v) is 3.39. The minimum absolute atomic E-state index is 0.230. The van der Waals surface area contributed by atoms with Crippen LogP contribution in [0, 0.1) is 11.6 Å². The van der Waals surface area contributed by atoms with Crippen LogP contribution in [0.15, 0.2) is 42.5 Å². The number of amides is 1. The molecule has 1 amide bonds. The highest BCUT2D eigenvalue weighted by molar-refractivity contribution is 6.06. The van der Waals surface area contributed by atoms with Crippen LogP contribution in [0.1, 0.15) is 29.8 Å². The number of anilines is 1. The van der Waals surface area contributed by atoms with Gasteiger partial charge in [-0.25, -0.2) is 8.78 Å². The molecular formula is C17H17F2NO. The maximum Gasteiger partial charge on any atom is 0.258 e. The first-order chi connectivity index (χ1) is 10.1. The lowest BCUT2D eigenvalue weighted by Gasteiger charge is -2.21. The first kappa shape index (κ1) is 15.2. The van der Waals surface area contributed by atoms with E-state index in [9.17, 15) is 13.6 Å². The SMILES string of the molecule is CCc1ccc(C(=O)N(CC)c2ccc(F)c(F)c2)cc1. The van der Waals surface area contributed by atoms with E-state index in [4.69, 9.17) is 0 Å². The van der Waals surface area contributed by atoms with E-state index in [2.05, 4.69) is 0 Å². The fourth-order valence-corrected chi connectivity index (χ4v) is 2.14. The summed E-state index contributed by atoms with van der Waals surface area (Å²) >= 11 is 0. The summed E-state index contributed by atoms with van der Waals surface area (Å²) in [6, 6.07) is 10.8. The summed E-state index contributed by atoms with van der Waals surface area (Å²) in [4.78, 5) is 13.9. The van der Waals surface area contributed by atoms with Crippen LogP contribution >= 0.6 is 0 Å². The first-order valence-electron chi connectivity index (χ1n) is 6.92. The fourth-order valence-electron chi connectivity index (χ4n) is 2.14. The summed E-state index contributed by atoms with van der Waals surface area (Å²) < 4.78 is 26.3. The molecule has 2 aromatic carbocycles. The molecule has 0 aliphatic heterocycles. The number of aryl methyl sites for hydroxylation is 1. The van der Waals surface area contributed by atoms with Gasteiger partial charge in [0, 0.05) is 23.9 Å². The van der Waals surface area contributed by atoms with Gasteiger partial charge in [0.2, 0.25) is 0 Å². The lowest BCUT2D eigenvalue weighted by Crippen LogP contribution is -2.30. The highest BCUT2D eigenvalue weighted by Crippen LogP contribution is 2.20. The van der Waals surface area contributed by atoms with E-state index in [1.807, 2.05) is 19.1 Å². The molecule has 0 bridgehead atoms. The van der Waals surface area contributed by atoms with Gasteiger partial charge in [-0.3, -0.25) is 4.79 Å². The van der Waals surface area contributed by atoms with Crippen molar-refractivity contribution in [3.8, 4) is 0 Å². The first-order valence-corrected chi connectivity index (χ1v) is 6.92. The second-order valence-electron chi connectivity index (χ2n) is 4.70. The number of hydrogen-bond acceptors (Lipinski definition) is 1. The van der Waals surface area contributed by atoms with E-state index < -0.39 is 11.6 Å². The van der Waals surface area contributed by atoms with Crippen molar-refractivity contribution in [2.24, 2.45) is 0 Å². The van der Waals surface area contributed by atoms with E-state index >= 15 is 0 Å². The maximum atomic E-state index is 13.3. The Labute approximate surface area is 123 Å². The van der Waals surface area contributed by atoms with Crippen molar-refractivity contribution in [2.75, 3.05) is 11.4 Å². The van der Waals surface area contributed by atoms with Gasteiger partial charge in [0.05, 0.1) is 0 Å². The lowest BCUT2D eigenvalue weighted by molar-refractivity contribution is 0.0988. The molecule has 110 valence electrons. The van der Waals surface area contributed by atoms with Gasteiger partial charge in [0.25, 0.3) is 5.91 Å². The van der Waals surface area contributed by atoms with Crippen molar-refractivity contribution in [2.45, 2.75) is 20.3 Å². The van der Waals surface area contributed by atoms with Gasteiger partial charge in [-0.2, -0.15) is 0 Å². The third kappa shape index (κ3) is 3.27. The molecule has 4 heteroatoms. The second-order valence-corrected chi connectivity index (χ2v) is 4.70. The van der Waals surface area contributed by atoms with Crippen LogP contribution in [0.5, 0.6) is 0 Å². The average Bonchev–Trinajstić information content (AvgIpc) is 2.51. The van der Waals surface area contributed by atoms with Gasteiger partial charge in [-0.05, 0) is 43.2 Å². The normalized spacial score (nSPS) is 10.5. The molecule has 0 heterocycles. The van der Waals surface area contributed by atoms with Crippen molar-refractivity contribution < 1.29 is 13.6 Å². The predicted molar refractivity (Wildman–Crippen MR) is 79.5 cm³/mol. The number of nitrogens with zero attached hydrogens (tertiary/aromatic N) is 1. The van der Waals surface area contributed by atoms with Crippen molar-refractivity contribution >= 4 is 11.6 Å². The minimum Gasteiger partial charge on any atom is -0.309 e. The molecule has 2 aromatic rings. The monoisotopic (exact) mass is 289 g/mol. The van der Waals surface area contributed by atoms with E-state index in [0.717, 1.165) is 24.1 Å². The van der Waals surface area contributed by atoms with Gasteiger partial charge >= 0.3 is 0 Å². The number of rotatable bonds is 4. The minimum atomic E-state index is -0.958. The van der Waals surface area contributed by atoms with E-state index in [1.54, 1.807) is 19.1 Å². The Morgan fingerprint density at radius 2 is 1.67 bits per heavy atom. The molecule has 2 rings (SSSR count). The largest absolute Gasteiger partial charge is 0.309 e. The molecule has 0 unspecified atom stereocenters. The van der Waals surface area contributed by atoms with Crippen LogP contribution in [0.4, 0.5) is 14.5 Å². The molecule has 0 aliphatic carbocycles. The maximum absolute atomic E-state index is 13.3. The molecule has 0 spiro atoms. The zero-order chi connectivity index (χ0) is 15.4. The van der Waals surface area contributed by atoms with Crippen LogP contribution in [0.25, 0.3) is 0 Å². The predicted octanol–water partition coefficient (Wildman–Crippen LogP) is 4.19. The molecule has 0 aliphatic rings. The van der Waals surface area contributed by atoms with E-state index in [1.165, 1.54) is 11.0 Å². The quantitative estimate of drug-likeness (QED) is 0.826. The number of carbonyl (C=O) groups is 1. The van der Waals surface area contributed by atoms with Gasteiger partial charge in [-0.1, -0.05) is 19.1 Å². The molecule has 0 fully saturated rings. The highest BCUT2D eigenvalue weighted by Gasteiger charge is 2.17. The number of benzene rings is 2. The topological polar surface area (TPSA) is 20.3 Å². The smallest absolute Gasteiger partial charge is 0.258 e. The summed E-state index contributed by atoms with van der Waals surface area (Å²) in [5.41, 5.74) is 2.02.